The van der Waals surface area contributed by atoms with Gasteiger partial charge in [-0.2, -0.15) is 8.78 Å². The van der Waals surface area contributed by atoms with Gasteiger partial charge in [0.15, 0.2) is 0 Å². The average Bonchev–Trinajstić information content (AvgIpc) is 2.79. The molecule has 2 aromatic carbocycles. The van der Waals surface area contributed by atoms with Crippen LogP contribution >= 0.6 is 0 Å². The molecular formula is C25H32F2N4O3. The number of carbonyl (C=O) groups is 2. The van der Waals surface area contributed by atoms with E-state index in [1.54, 1.807) is 17.0 Å². The number of likely N-dealkylation sites (N-methyl/N-ethyl adjacent to an activating group) is 1. The number of ether oxygens (including phenoxy) is 1. The highest BCUT2D eigenvalue weighted by Gasteiger charge is 2.23. The fraction of sp³-hybridized carbons (Fsp3) is 0.440. The molecule has 1 aliphatic rings. The molecule has 3 rings (SSSR count). The second-order valence-electron chi connectivity index (χ2n) is 8.41. The molecule has 2 amide bonds. The van der Waals surface area contributed by atoms with Crippen LogP contribution in [-0.4, -0.2) is 79.4 Å². The molecule has 0 radical (unpaired) electrons. The van der Waals surface area contributed by atoms with Crippen molar-refractivity contribution in [3.05, 3.63) is 59.7 Å². The first kappa shape index (κ1) is 25.6. The Hall–Kier alpha value is -3.04. The van der Waals surface area contributed by atoms with Crippen LogP contribution < -0.4 is 10.1 Å². The maximum absolute atomic E-state index is 12.7. The maximum atomic E-state index is 12.7. The zero-order valence-corrected chi connectivity index (χ0v) is 19.7. The van der Waals surface area contributed by atoms with Crippen LogP contribution in [0.5, 0.6) is 5.75 Å². The molecule has 2 aromatic rings. The first-order valence-electron chi connectivity index (χ1n) is 11.4. The average molecular weight is 475 g/mol. The van der Waals surface area contributed by atoms with E-state index in [-0.39, 0.29) is 30.7 Å². The molecule has 34 heavy (non-hydrogen) atoms. The molecule has 1 fully saturated rings. The molecule has 0 unspecified atom stereocenters. The minimum Gasteiger partial charge on any atom is -0.435 e. The first-order chi connectivity index (χ1) is 16.3. The van der Waals surface area contributed by atoms with Gasteiger partial charge in [-0.15, -0.1) is 0 Å². The van der Waals surface area contributed by atoms with E-state index in [1.165, 1.54) is 6.07 Å². The topological polar surface area (TPSA) is 65.1 Å². The number of nitrogens with zero attached hydrogens (tertiary/aromatic N) is 3. The molecule has 0 bridgehead atoms. The number of carbonyl (C=O) groups excluding carboxylic acids is 2. The summed E-state index contributed by atoms with van der Waals surface area (Å²) in [4.78, 5) is 30.9. The molecule has 1 saturated heterocycles. The zero-order valence-electron chi connectivity index (χ0n) is 19.7. The SMILES string of the molecule is CCc1ccccc1NC(=O)CN1CCN(C(=O)CN(C)Cc2cccc(OC(F)F)c2)CC1. The Morgan fingerprint density at radius 2 is 1.82 bits per heavy atom. The normalized spacial score (nSPS) is 14.5. The van der Waals surface area contributed by atoms with Gasteiger partial charge < -0.3 is 15.0 Å². The van der Waals surface area contributed by atoms with Crippen molar-refractivity contribution in [2.45, 2.75) is 26.5 Å². The number of nitrogens with one attached hydrogen (secondary N) is 1. The zero-order chi connectivity index (χ0) is 24.5. The number of rotatable bonds is 10. The monoisotopic (exact) mass is 474 g/mol. The van der Waals surface area contributed by atoms with Gasteiger partial charge in [0.1, 0.15) is 5.75 Å². The third kappa shape index (κ3) is 7.78. The summed E-state index contributed by atoms with van der Waals surface area (Å²) in [7, 11) is 1.81. The summed E-state index contributed by atoms with van der Waals surface area (Å²) in [6.45, 7) is 2.50. The highest BCUT2D eigenvalue weighted by molar-refractivity contribution is 5.93. The van der Waals surface area contributed by atoms with Crippen LogP contribution in [0.2, 0.25) is 0 Å². The standard InChI is InChI=1S/C25H32F2N4O3/c1-3-20-8-4-5-10-22(20)28-23(32)17-30-11-13-31(14-12-30)24(33)18-29(2)16-19-7-6-9-21(15-19)34-25(26)27/h4-10,15,25H,3,11-14,16-18H2,1-2H3,(H,28,32). The van der Waals surface area contributed by atoms with Crippen LogP contribution in [0.1, 0.15) is 18.1 Å². The molecule has 0 saturated carbocycles. The Kier molecular flexibility index (Phi) is 9.35. The van der Waals surface area contributed by atoms with E-state index >= 15 is 0 Å². The Morgan fingerprint density at radius 3 is 2.53 bits per heavy atom. The van der Waals surface area contributed by atoms with E-state index < -0.39 is 6.61 Å². The molecule has 1 heterocycles. The van der Waals surface area contributed by atoms with E-state index in [9.17, 15) is 18.4 Å². The second kappa shape index (κ2) is 12.4. The van der Waals surface area contributed by atoms with E-state index in [1.807, 2.05) is 47.2 Å². The number of para-hydroxylation sites is 1. The van der Waals surface area contributed by atoms with E-state index in [2.05, 4.69) is 17.0 Å². The van der Waals surface area contributed by atoms with E-state index in [4.69, 9.17) is 0 Å². The quantitative estimate of drug-likeness (QED) is 0.574. The van der Waals surface area contributed by atoms with Crippen molar-refractivity contribution in [2.75, 3.05) is 51.6 Å². The van der Waals surface area contributed by atoms with Crippen molar-refractivity contribution >= 4 is 17.5 Å². The van der Waals surface area contributed by atoms with Gasteiger partial charge in [-0.1, -0.05) is 37.3 Å². The number of piperazine rings is 1. The molecule has 184 valence electrons. The lowest BCUT2D eigenvalue weighted by Gasteiger charge is -2.35. The van der Waals surface area contributed by atoms with Crippen LogP contribution in [0.25, 0.3) is 0 Å². The number of aryl methyl sites for hydroxylation is 1. The first-order valence-corrected chi connectivity index (χ1v) is 11.4. The van der Waals surface area contributed by atoms with E-state index in [0.717, 1.165) is 23.2 Å². The Labute approximate surface area is 199 Å². The molecule has 0 atom stereocenters. The summed E-state index contributed by atoms with van der Waals surface area (Å²) >= 11 is 0. The fourth-order valence-electron chi connectivity index (χ4n) is 4.02. The van der Waals surface area contributed by atoms with Crippen molar-refractivity contribution in [2.24, 2.45) is 0 Å². The number of halogens is 2. The number of alkyl halides is 2. The van der Waals surface area contributed by atoms with Crippen molar-refractivity contribution in [1.29, 1.82) is 0 Å². The molecular weight excluding hydrogens is 442 g/mol. The highest BCUT2D eigenvalue weighted by Crippen LogP contribution is 2.17. The summed E-state index contributed by atoms with van der Waals surface area (Å²) in [5.74, 6) is 0.0486. The van der Waals surface area contributed by atoms with Gasteiger partial charge in [-0.3, -0.25) is 19.4 Å². The minimum absolute atomic E-state index is 0.00320. The Bertz CT molecular complexity index is 965. The summed E-state index contributed by atoms with van der Waals surface area (Å²) in [6, 6.07) is 14.3. The second-order valence-corrected chi connectivity index (χ2v) is 8.41. The fourth-order valence-corrected chi connectivity index (χ4v) is 4.02. The van der Waals surface area contributed by atoms with Crippen LogP contribution in [0.4, 0.5) is 14.5 Å². The molecule has 0 spiro atoms. The third-order valence-corrected chi connectivity index (χ3v) is 5.75. The molecule has 1 aliphatic heterocycles. The van der Waals surface area contributed by atoms with Gasteiger partial charge in [0.2, 0.25) is 11.8 Å². The van der Waals surface area contributed by atoms with Gasteiger partial charge in [0.05, 0.1) is 13.1 Å². The van der Waals surface area contributed by atoms with Gasteiger partial charge >= 0.3 is 6.61 Å². The number of hydrogen-bond acceptors (Lipinski definition) is 5. The molecule has 0 aliphatic carbocycles. The van der Waals surface area contributed by atoms with E-state index in [0.29, 0.717) is 32.7 Å². The third-order valence-electron chi connectivity index (χ3n) is 5.75. The van der Waals surface area contributed by atoms with Crippen molar-refractivity contribution < 1.29 is 23.1 Å². The summed E-state index contributed by atoms with van der Waals surface area (Å²) in [5.41, 5.74) is 2.73. The van der Waals surface area contributed by atoms with Crippen LogP contribution in [0.15, 0.2) is 48.5 Å². The number of amides is 2. The lowest BCUT2D eigenvalue weighted by atomic mass is 10.1. The summed E-state index contributed by atoms with van der Waals surface area (Å²) in [5, 5.41) is 2.99. The highest BCUT2D eigenvalue weighted by atomic mass is 19.3. The predicted molar refractivity (Wildman–Crippen MR) is 127 cm³/mol. The van der Waals surface area contributed by atoms with Gasteiger partial charge in [-0.25, -0.2) is 0 Å². The number of hydrogen-bond donors (Lipinski definition) is 1. The molecule has 1 N–H and O–H groups in total. The molecule has 0 aromatic heterocycles. The van der Waals surface area contributed by atoms with Crippen LogP contribution in [-0.2, 0) is 22.6 Å². The lowest BCUT2D eigenvalue weighted by Crippen LogP contribution is -2.52. The van der Waals surface area contributed by atoms with Crippen molar-refractivity contribution in [3.63, 3.8) is 0 Å². The van der Waals surface area contributed by atoms with Gasteiger partial charge in [-0.05, 0) is 42.8 Å². The lowest BCUT2D eigenvalue weighted by molar-refractivity contribution is -0.134. The van der Waals surface area contributed by atoms with Gasteiger partial charge in [0, 0.05) is 38.4 Å². The Morgan fingerprint density at radius 1 is 1.09 bits per heavy atom. The summed E-state index contributed by atoms with van der Waals surface area (Å²) < 4.78 is 29.3. The number of anilines is 1. The molecule has 7 nitrogen and oxygen atoms in total. The van der Waals surface area contributed by atoms with Crippen LogP contribution in [0, 0.1) is 0 Å². The minimum atomic E-state index is -2.87. The molecule has 9 heteroatoms. The smallest absolute Gasteiger partial charge is 0.387 e. The Balaban J connectivity index is 1.41. The largest absolute Gasteiger partial charge is 0.435 e. The number of benzene rings is 2. The maximum Gasteiger partial charge on any atom is 0.387 e. The van der Waals surface area contributed by atoms with Crippen molar-refractivity contribution in [3.8, 4) is 5.75 Å². The summed E-state index contributed by atoms with van der Waals surface area (Å²) in [6.07, 6.45) is 0.848. The van der Waals surface area contributed by atoms with Gasteiger partial charge in [0.25, 0.3) is 0 Å². The predicted octanol–water partition coefficient (Wildman–Crippen LogP) is 3.07. The van der Waals surface area contributed by atoms with Crippen LogP contribution in [0.3, 0.4) is 0 Å². The van der Waals surface area contributed by atoms with Crippen molar-refractivity contribution in [1.82, 2.24) is 14.7 Å².